The molecule has 1 aromatic rings. The number of benzene rings is 1. The second-order valence-electron chi connectivity index (χ2n) is 4.62. The zero-order valence-electron chi connectivity index (χ0n) is 10.5. The average molecular weight is 248 g/mol. The van der Waals surface area contributed by atoms with Crippen molar-refractivity contribution in [3.05, 3.63) is 29.8 Å². The van der Waals surface area contributed by atoms with Gasteiger partial charge in [0.05, 0.1) is 6.10 Å². The first-order valence-electron chi connectivity index (χ1n) is 6.48. The van der Waals surface area contributed by atoms with Crippen molar-refractivity contribution < 1.29 is 9.53 Å². The van der Waals surface area contributed by atoms with Crippen molar-refractivity contribution >= 4 is 11.6 Å². The van der Waals surface area contributed by atoms with Crippen LogP contribution in [-0.2, 0) is 16.1 Å². The molecule has 0 saturated carbocycles. The van der Waals surface area contributed by atoms with Crippen LogP contribution in [0, 0.1) is 0 Å². The predicted molar refractivity (Wildman–Crippen MR) is 71.2 cm³/mol. The maximum absolute atomic E-state index is 11.7. The molecule has 2 rings (SSSR count). The van der Waals surface area contributed by atoms with Gasteiger partial charge in [0.25, 0.3) is 0 Å². The molecule has 4 nitrogen and oxygen atoms in total. The van der Waals surface area contributed by atoms with Crippen molar-refractivity contribution in [3.8, 4) is 0 Å². The molecule has 0 aromatic heterocycles. The zero-order chi connectivity index (χ0) is 12.8. The van der Waals surface area contributed by atoms with E-state index in [1.165, 1.54) is 0 Å². The van der Waals surface area contributed by atoms with Gasteiger partial charge in [-0.25, -0.2) is 0 Å². The van der Waals surface area contributed by atoms with Crippen LogP contribution < -0.4 is 11.1 Å². The van der Waals surface area contributed by atoms with Crippen LogP contribution in [0.5, 0.6) is 0 Å². The van der Waals surface area contributed by atoms with Gasteiger partial charge in [0.15, 0.2) is 0 Å². The number of hydrogen-bond acceptors (Lipinski definition) is 3. The summed E-state index contributed by atoms with van der Waals surface area (Å²) in [7, 11) is 0. The summed E-state index contributed by atoms with van der Waals surface area (Å²) in [4.78, 5) is 11.7. The van der Waals surface area contributed by atoms with Crippen molar-refractivity contribution in [2.45, 2.75) is 38.3 Å². The van der Waals surface area contributed by atoms with E-state index in [4.69, 9.17) is 10.5 Å². The highest BCUT2D eigenvalue weighted by atomic mass is 16.5. The van der Waals surface area contributed by atoms with Crippen LogP contribution in [-0.4, -0.2) is 18.6 Å². The fourth-order valence-electron chi connectivity index (χ4n) is 2.11. The van der Waals surface area contributed by atoms with Crippen molar-refractivity contribution in [3.63, 3.8) is 0 Å². The molecule has 1 saturated heterocycles. The lowest BCUT2D eigenvalue weighted by atomic mass is 10.1. The van der Waals surface area contributed by atoms with E-state index >= 15 is 0 Å². The Morgan fingerprint density at radius 3 is 2.78 bits per heavy atom. The van der Waals surface area contributed by atoms with Crippen LogP contribution >= 0.6 is 0 Å². The first kappa shape index (κ1) is 13.1. The van der Waals surface area contributed by atoms with Crippen molar-refractivity contribution in [1.29, 1.82) is 0 Å². The number of hydrogen-bond donors (Lipinski definition) is 2. The summed E-state index contributed by atoms with van der Waals surface area (Å²) >= 11 is 0. The Balaban J connectivity index is 1.75. The number of nitrogens with one attached hydrogen (secondary N) is 1. The third kappa shape index (κ3) is 3.82. The molecule has 0 radical (unpaired) electrons. The Kier molecular flexibility index (Phi) is 4.73. The van der Waals surface area contributed by atoms with Crippen LogP contribution in [0.4, 0.5) is 5.69 Å². The van der Waals surface area contributed by atoms with Crippen LogP contribution in [0.15, 0.2) is 24.3 Å². The zero-order valence-corrected chi connectivity index (χ0v) is 10.5. The molecule has 18 heavy (non-hydrogen) atoms. The van der Waals surface area contributed by atoms with Crippen LogP contribution in [0.2, 0.25) is 0 Å². The number of amides is 1. The molecular formula is C14H20N2O2. The molecule has 1 aliphatic heterocycles. The molecule has 0 aliphatic carbocycles. The third-order valence-electron chi connectivity index (χ3n) is 3.19. The van der Waals surface area contributed by atoms with Crippen molar-refractivity contribution in [2.24, 2.45) is 5.73 Å². The highest BCUT2D eigenvalue weighted by Gasteiger charge is 2.16. The van der Waals surface area contributed by atoms with Gasteiger partial charge in [-0.15, -0.1) is 0 Å². The Hall–Kier alpha value is -1.39. The summed E-state index contributed by atoms with van der Waals surface area (Å²) < 4.78 is 5.49. The average Bonchev–Trinajstić information content (AvgIpc) is 2.90. The Bertz CT molecular complexity index is 383. The van der Waals surface area contributed by atoms with Gasteiger partial charge >= 0.3 is 0 Å². The number of carbonyl (C=O) groups is 1. The summed E-state index contributed by atoms with van der Waals surface area (Å²) in [5.74, 6) is 0.0472. The standard InChI is InChI=1S/C14H20N2O2/c15-10-11-3-5-12(6-4-11)16-14(17)8-7-13-2-1-9-18-13/h3-6,13H,1-2,7-10,15H2,(H,16,17). The lowest BCUT2D eigenvalue weighted by Gasteiger charge is -2.09. The van der Waals surface area contributed by atoms with Crippen LogP contribution in [0.1, 0.15) is 31.2 Å². The topological polar surface area (TPSA) is 64.3 Å². The summed E-state index contributed by atoms with van der Waals surface area (Å²) in [6.45, 7) is 1.36. The maximum atomic E-state index is 11.7. The number of ether oxygens (including phenoxy) is 1. The summed E-state index contributed by atoms with van der Waals surface area (Å²) in [6, 6.07) is 7.61. The first-order chi connectivity index (χ1) is 8.78. The summed E-state index contributed by atoms with van der Waals surface area (Å²) in [5.41, 5.74) is 7.40. The fraction of sp³-hybridized carbons (Fsp3) is 0.500. The van der Waals surface area contributed by atoms with E-state index in [0.717, 1.165) is 37.1 Å². The van der Waals surface area contributed by atoms with Crippen molar-refractivity contribution in [2.75, 3.05) is 11.9 Å². The molecule has 1 aromatic carbocycles. The Morgan fingerprint density at radius 2 is 2.17 bits per heavy atom. The quantitative estimate of drug-likeness (QED) is 0.838. The van der Waals surface area contributed by atoms with Gasteiger partial charge in [0.1, 0.15) is 0 Å². The molecular weight excluding hydrogens is 228 g/mol. The Morgan fingerprint density at radius 1 is 1.39 bits per heavy atom. The Labute approximate surface area is 108 Å². The third-order valence-corrected chi connectivity index (χ3v) is 3.19. The van der Waals surface area contributed by atoms with Crippen LogP contribution in [0.25, 0.3) is 0 Å². The highest BCUT2D eigenvalue weighted by Crippen LogP contribution is 2.17. The SMILES string of the molecule is NCc1ccc(NC(=O)CCC2CCCO2)cc1. The molecule has 1 atom stereocenters. The number of rotatable bonds is 5. The maximum Gasteiger partial charge on any atom is 0.224 e. The molecule has 3 N–H and O–H groups in total. The lowest BCUT2D eigenvalue weighted by Crippen LogP contribution is -2.15. The molecule has 0 bridgehead atoms. The highest BCUT2D eigenvalue weighted by molar-refractivity contribution is 5.90. The number of carbonyl (C=O) groups excluding carboxylic acids is 1. The van der Waals surface area contributed by atoms with E-state index < -0.39 is 0 Å². The largest absolute Gasteiger partial charge is 0.378 e. The minimum Gasteiger partial charge on any atom is -0.378 e. The predicted octanol–water partition coefficient (Wildman–Crippen LogP) is 2.04. The molecule has 1 amide bonds. The van der Waals surface area contributed by atoms with E-state index in [-0.39, 0.29) is 12.0 Å². The monoisotopic (exact) mass is 248 g/mol. The summed E-state index contributed by atoms with van der Waals surface area (Å²) in [6.07, 6.45) is 3.80. The van der Waals surface area contributed by atoms with E-state index in [1.807, 2.05) is 24.3 Å². The second kappa shape index (κ2) is 6.52. The van der Waals surface area contributed by atoms with Gasteiger partial charge in [-0.05, 0) is 37.0 Å². The first-order valence-corrected chi connectivity index (χ1v) is 6.48. The lowest BCUT2D eigenvalue weighted by molar-refractivity contribution is -0.116. The number of anilines is 1. The summed E-state index contributed by atoms with van der Waals surface area (Å²) in [5, 5.41) is 2.88. The molecule has 1 heterocycles. The molecule has 1 unspecified atom stereocenters. The van der Waals surface area contributed by atoms with Crippen molar-refractivity contribution in [1.82, 2.24) is 0 Å². The molecule has 1 fully saturated rings. The molecule has 0 spiro atoms. The minimum atomic E-state index is 0.0472. The smallest absolute Gasteiger partial charge is 0.224 e. The van der Waals surface area contributed by atoms with Gasteiger partial charge < -0.3 is 15.8 Å². The molecule has 4 heteroatoms. The van der Waals surface area contributed by atoms with E-state index in [0.29, 0.717) is 13.0 Å². The van der Waals surface area contributed by atoms with Gasteiger partial charge in [-0.2, -0.15) is 0 Å². The fourth-order valence-corrected chi connectivity index (χ4v) is 2.11. The van der Waals surface area contributed by atoms with Gasteiger partial charge in [0.2, 0.25) is 5.91 Å². The number of nitrogens with two attached hydrogens (primary N) is 1. The molecule has 98 valence electrons. The normalized spacial score (nSPS) is 18.8. The van der Waals surface area contributed by atoms with E-state index in [2.05, 4.69) is 5.32 Å². The van der Waals surface area contributed by atoms with E-state index in [9.17, 15) is 4.79 Å². The van der Waals surface area contributed by atoms with Gasteiger partial charge in [-0.3, -0.25) is 4.79 Å². The molecule has 1 aliphatic rings. The minimum absolute atomic E-state index is 0.0472. The van der Waals surface area contributed by atoms with Crippen LogP contribution in [0.3, 0.4) is 0 Å². The second-order valence-corrected chi connectivity index (χ2v) is 4.62. The van der Waals surface area contributed by atoms with Gasteiger partial charge in [-0.1, -0.05) is 12.1 Å². The van der Waals surface area contributed by atoms with Gasteiger partial charge in [0, 0.05) is 25.3 Å². The van der Waals surface area contributed by atoms with E-state index in [1.54, 1.807) is 0 Å².